The van der Waals surface area contributed by atoms with E-state index in [1.165, 1.54) is 36.5 Å². The van der Waals surface area contributed by atoms with Crippen LogP contribution < -0.4 is 10.6 Å². The highest BCUT2D eigenvalue weighted by molar-refractivity contribution is 6.04. The van der Waals surface area contributed by atoms with E-state index in [4.69, 9.17) is 0 Å². The maximum atomic E-state index is 14.0. The van der Waals surface area contributed by atoms with E-state index >= 15 is 0 Å². The summed E-state index contributed by atoms with van der Waals surface area (Å²) in [7, 11) is 0. The van der Waals surface area contributed by atoms with Gasteiger partial charge in [-0.3, -0.25) is 4.79 Å². The highest BCUT2D eigenvalue weighted by Crippen LogP contribution is 2.63. The van der Waals surface area contributed by atoms with Gasteiger partial charge in [0, 0.05) is 11.3 Å². The standard InChI is InChI=1S/C27H25FN2O/c28-21-8-4-5-9-23(21)30-27(31)19-12-13-22-20(15-19)24-17-10-11-18(14-17)25(24)26(29-22)16-6-2-1-3-7-16/h1-9,12-13,15,17-18,24-26,29H,10-11,14H2,(H,30,31)/t17-,18+,24+,25+,26-/m0/s1. The molecule has 0 spiro atoms. The molecule has 1 aliphatic heterocycles. The topological polar surface area (TPSA) is 41.1 Å². The third-order valence-electron chi connectivity index (χ3n) is 7.63. The zero-order chi connectivity index (χ0) is 20.9. The van der Waals surface area contributed by atoms with Crippen LogP contribution in [0.2, 0.25) is 0 Å². The molecule has 156 valence electrons. The molecular weight excluding hydrogens is 387 g/mol. The lowest BCUT2D eigenvalue weighted by molar-refractivity contribution is 0.102. The number of hydrogen-bond acceptors (Lipinski definition) is 2. The van der Waals surface area contributed by atoms with Gasteiger partial charge in [-0.1, -0.05) is 42.5 Å². The first-order chi connectivity index (χ1) is 15.2. The van der Waals surface area contributed by atoms with Gasteiger partial charge in [-0.2, -0.15) is 0 Å². The van der Waals surface area contributed by atoms with Crippen LogP contribution in [0, 0.1) is 23.6 Å². The minimum atomic E-state index is -0.422. The van der Waals surface area contributed by atoms with Gasteiger partial charge in [-0.25, -0.2) is 4.39 Å². The molecule has 0 radical (unpaired) electrons. The summed E-state index contributed by atoms with van der Waals surface area (Å²) in [5.41, 5.74) is 4.53. The number of amides is 1. The van der Waals surface area contributed by atoms with Crippen LogP contribution in [-0.4, -0.2) is 5.91 Å². The Kier molecular flexibility index (Phi) is 4.34. The number of rotatable bonds is 3. The quantitative estimate of drug-likeness (QED) is 0.524. The second kappa shape index (κ2) is 7.23. The van der Waals surface area contributed by atoms with E-state index in [9.17, 15) is 9.18 Å². The molecule has 3 aromatic rings. The maximum absolute atomic E-state index is 14.0. The summed E-state index contributed by atoms with van der Waals surface area (Å²) >= 11 is 0. The molecule has 3 nitrogen and oxygen atoms in total. The van der Waals surface area contributed by atoms with E-state index in [1.54, 1.807) is 18.2 Å². The van der Waals surface area contributed by atoms with Crippen molar-refractivity contribution >= 4 is 17.3 Å². The fourth-order valence-electron chi connectivity index (χ4n) is 6.37. The Morgan fingerprint density at radius 3 is 2.55 bits per heavy atom. The Labute approximate surface area is 181 Å². The van der Waals surface area contributed by atoms with Crippen LogP contribution >= 0.6 is 0 Å². The summed E-state index contributed by atoms with van der Waals surface area (Å²) in [5, 5.41) is 6.53. The third kappa shape index (κ3) is 3.04. The second-order valence-electron chi connectivity index (χ2n) is 9.21. The van der Waals surface area contributed by atoms with E-state index in [0.29, 0.717) is 29.4 Å². The average Bonchev–Trinajstić information content (AvgIpc) is 3.43. The maximum Gasteiger partial charge on any atom is 0.255 e. The monoisotopic (exact) mass is 412 g/mol. The molecule has 0 aromatic heterocycles. The van der Waals surface area contributed by atoms with E-state index < -0.39 is 5.82 Å². The molecule has 2 bridgehead atoms. The summed E-state index contributed by atoms with van der Waals surface area (Å²) in [6, 6.07) is 23.3. The van der Waals surface area contributed by atoms with Crippen LogP contribution in [-0.2, 0) is 0 Å². The first-order valence-corrected chi connectivity index (χ1v) is 11.2. The number of fused-ring (bicyclic) bond motifs is 7. The van der Waals surface area contributed by atoms with Crippen LogP contribution in [0.25, 0.3) is 0 Å². The SMILES string of the molecule is O=C(Nc1ccccc1F)c1ccc2c(c1)[C@H]1[C@H]3CC[C@H](C3)[C@H]1[C@H](c1ccccc1)N2. The minimum Gasteiger partial charge on any atom is -0.378 e. The van der Waals surface area contributed by atoms with Crippen LogP contribution in [0.3, 0.4) is 0 Å². The lowest BCUT2D eigenvalue weighted by atomic mass is 9.68. The van der Waals surface area contributed by atoms with Crippen molar-refractivity contribution in [2.24, 2.45) is 17.8 Å². The predicted octanol–water partition coefficient (Wildman–Crippen LogP) is 6.37. The average molecular weight is 413 g/mol. The van der Waals surface area contributed by atoms with Crippen LogP contribution in [0.15, 0.2) is 72.8 Å². The molecule has 2 saturated carbocycles. The van der Waals surface area contributed by atoms with Gasteiger partial charge in [0.1, 0.15) is 5.82 Å². The molecule has 3 aromatic carbocycles. The zero-order valence-electron chi connectivity index (χ0n) is 17.2. The molecular formula is C27H25FN2O. The van der Waals surface area contributed by atoms with Crippen molar-refractivity contribution in [1.29, 1.82) is 0 Å². The Morgan fingerprint density at radius 2 is 1.71 bits per heavy atom. The summed E-state index contributed by atoms with van der Waals surface area (Å²) < 4.78 is 14.0. The van der Waals surface area contributed by atoms with Crippen molar-refractivity contribution in [2.75, 3.05) is 10.6 Å². The fraction of sp³-hybridized carbons (Fsp3) is 0.296. The van der Waals surface area contributed by atoms with Crippen LogP contribution in [0.4, 0.5) is 15.8 Å². The van der Waals surface area contributed by atoms with Crippen LogP contribution in [0.1, 0.15) is 52.7 Å². The van der Waals surface area contributed by atoms with Crippen LogP contribution in [0.5, 0.6) is 0 Å². The molecule has 31 heavy (non-hydrogen) atoms. The van der Waals surface area contributed by atoms with E-state index in [-0.39, 0.29) is 11.6 Å². The number of para-hydroxylation sites is 1. The normalized spacial score (nSPS) is 27.8. The molecule has 2 N–H and O–H groups in total. The van der Waals surface area contributed by atoms with Crippen molar-refractivity contribution < 1.29 is 9.18 Å². The fourth-order valence-corrected chi connectivity index (χ4v) is 6.37. The number of halogens is 1. The smallest absolute Gasteiger partial charge is 0.255 e. The highest BCUT2D eigenvalue weighted by Gasteiger charge is 2.53. The molecule has 0 unspecified atom stereocenters. The first-order valence-electron chi connectivity index (χ1n) is 11.2. The second-order valence-corrected chi connectivity index (χ2v) is 9.21. The number of carbonyl (C=O) groups excluding carboxylic acids is 1. The van der Waals surface area contributed by atoms with Gasteiger partial charge in [-0.15, -0.1) is 0 Å². The Hall–Kier alpha value is -3.14. The molecule has 3 aliphatic rings. The summed E-state index contributed by atoms with van der Waals surface area (Å²) in [6.45, 7) is 0. The molecule has 1 amide bonds. The number of benzene rings is 3. The van der Waals surface area contributed by atoms with E-state index in [0.717, 1.165) is 11.6 Å². The minimum absolute atomic E-state index is 0.213. The third-order valence-corrected chi connectivity index (χ3v) is 7.63. The molecule has 2 fully saturated rings. The number of anilines is 2. The number of carbonyl (C=O) groups is 1. The Morgan fingerprint density at radius 1 is 0.935 bits per heavy atom. The lowest BCUT2D eigenvalue weighted by Crippen LogP contribution is -2.35. The van der Waals surface area contributed by atoms with Gasteiger partial charge >= 0.3 is 0 Å². The van der Waals surface area contributed by atoms with E-state index in [2.05, 4.69) is 41.0 Å². The first kappa shape index (κ1) is 18.6. The number of nitrogens with one attached hydrogen (secondary N) is 2. The van der Waals surface area contributed by atoms with Gasteiger partial charge in [0.25, 0.3) is 5.91 Å². The molecule has 5 atom stereocenters. The summed E-state index contributed by atoms with van der Waals surface area (Å²) in [4.78, 5) is 12.9. The van der Waals surface area contributed by atoms with Gasteiger partial charge in [0.05, 0.1) is 11.7 Å². The van der Waals surface area contributed by atoms with E-state index in [1.807, 2.05) is 18.2 Å². The Bertz CT molecular complexity index is 1140. The zero-order valence-corrected chi connectivity index (χ0v) is 17.2. The van der Waals surface area contributed by atoms with Crippen molar-refractivity contribution in [1.82, 2.24) is 0 Å². The molecule has 0 saturated heterocycles. The van der Waals surface area contributed by atoms with Gasteiger partial charge in [0.2, 0.25) is 0 Å². The Balaban J connectivity index is 1.36. The van der Waals surface area contributed by atoms with Crippen molar-refractivity contribution in [3.05, 3.63) is 95.3 Å². The van der Waals surface area contributed by atoms with Crippen molar-refractivity contribution in [2.45, 2.75) is 31.2 Å². The van der Waals surface area contributed by atoms with Gasteiger partial charge in [-0.05, 0) is 84.4 Å². The largest absolute Gasteiger partial charge is 0.378 e. The molecule has 1 heterocycles. The highest BCUT2D eigenvalue weighted by atomic mass is 19.1. The molecule has 2 aliphatic carbocycles. The predicted molar refractivity (Wildman–Crippen MR) is 121 cm³/mol. The summed E-state index contributed by atoms with van der Waals surface area (Å²) in [6.07, 6.45) is 3.86. The van der Waals surface area contributed by atoms with Crippen molar-refractivity contribution in [3.8, 4) is 0 Å². The molecule has 4 heteroatoms. The van der Waals surface area contributed by atoms with Gasteiger partial charge in [0.15, 0.2) is 0 Å². The van der Waals surface area contributed by atoms with Gasteiger partial charge < -0.3 is 10.6 Å². The molecule has 6 rings (SSSR count). The number of hydrogen-bond donors (Lipinski definition) is 2. The van der Waals surface area contributed by atoms with Crippen molar-refractivity contribution in [3.63, 3.8) is 0 Å². The lowest BCUT2D eigenvalue weighted by Gasteiger charge is -2.43. The summed E-state index contributed by atoms with van der Waals surface area (Å²) in [5.74, 6) is 1.76.